The zero-order chi connectivity index (χ0) is 35.4. The highest BCUT2D eigenvalue weighted by Crippen LogP contribution is 2.43. The molecule has 3 atom stereocenters. The Hall–Kier alpha value is -0.800. The summed E-state index contributed by atoms with van der Waals surface area (Å²) in [5.74, 6) is -0.389. The van der Waals surface area contributed by atoms with Crippen LogP contribution in [0.4, 0.5) is 0 Å². The quantitative estimate of drug-likeness (QED) is 0.0248. The molecular formula is C38H75O9P. The third kappa shape index (κ3) is 35.0. The van der Waals surface area contributed by atoms with Gasteiger partial charge in [-0.25, -0.2) is 4.57 Å². The smallest absolute Gasteiger partial charge is 0.457 e. The van der Waals surface area contributed by atoms with Crippen LogP contribution in [-0.2, 0) is 27.9 Å². The lowest BCUT2D eigenvalue weighted by Crippen LogP contribution is -2.29. The molecule has 0 aromatic carbocycles. The number of hydrogen-bond acceptors (Lipinski definition) is 8. The predicted molar refractivity (Wildman–Crippen MR) is 196 cm³/mol. The van der Waals surface area contributed by atoms with Crippen molar-refractivity contribution >= 4 is 13.8 Å². The minimum atomic E-state index is -4.51. The Bertz CT molecular complexity index is 764. The van der Waals surface area contributed by atoms with Crippen LogP contribution in [0.1, 0.15) is 181 Å². The number of carbonyl (C=O) groups is 1. The van der Waals surface area contributed by atoms with Crippen LogP contribution >= 0.6 is 7.82 Å². The molecule has 10 heteroatoms. The molecule has 0 aromatic heterocycles. The zero-order valence-electron chi connectivity index (χ0n) is 31.0. The second-order valence-electron chi connectivity index (χ2n) is 13.3. The van der Waals surface area contributed by atoms with Crippen molar-refractivity contribution in [1.82, 2.24) is 0 Å². The van der Waals surface area contributed by atoms with E-state index < -0.39 is 33.2 Å². The molecule has 0 aromatic rings. The Labute approximate surface area is 294 Å². The van der Waals surface area contributed by atoms with Crippen molar-refractivity contribution in [3.05, 3.63) is 12.2 Å². The summed E-state index contributed by atoms with van der Waals surface area (Å²) in [6, 6.07) is 0. The normalized spacial score (nSPS) is 14.4. The lowest BCUT2D eigenvalue weighted by Gasteiger charge is -2.20. The zero-order valence-corrected chi connectivity index (χ0v) is 31.9. The summed E-state index contributed by atoms with van der Waals surface area (Å²) in [5.41, 5.74) is 0. The summed E-state index contributed by atoms with van der Waals surface area (Å²) in [6.45, 7) is 3.51. The molecule has 9 nitrogen and oxygen atoms in total. The van der Waals surface area contributed by atoms with Gasteiger partial charge in [0.25, 0.3) is 0 Å². The number of allylic oxidation sites excluding steroid dienone is 2. The fourth-order valence-corrected chi connectivity index (χ4v) is 6.20. The first kappa shape index (κ1) is 47.2. The first-order valence-corrected chi connectivity index (χ1v) is 21.2. The molecule has 0 amide bonds. The number of aliphatic hydroxyl groups excluding tert-OH is 2. The number of carbonyl (C=O) groups excluding carboxylic acids is 1. The van der Waals surface area contributed by atoms with Crippen molar-refractivity contribution in [1.29, 1.82) is 0 Å². The third-order valence-corrected chi connectivity index (χ3v) is 9.40. The van der Waals surface area contributed by atoms with E-state index in [4.69, 9.17) is 23.6 Å². The van der Waals surface area contributed by atoms with E-state index in [1.54, 1.807) is 0 Å². The average molecular weight is 707 g/mol. The minimum absolute atomic E-state index is 0.0508. The topological polar surface area (TPSA) is 132 Å². The Kier molecular flexibility index (Phi) is 35.4. The van der Waals surface area contributed by atoms with Gasteiger partial charge in [-0.15, -0.1) is 0 Å². The summed E-state index contributed by atoms with van der Waals surface area (Å²) >= 11 is 0. The molecule has 0 aliphatic heterocycles. The Morgan fingerprint density at radius 3 is 1.56 bits per heavy atom. The fraction of sp³-hybridized carbons (Fsp3) is 0.921. The molecule has 0 heterocycles. The summed E-state index contributed by atoms with van der Waals surface area (Å²) in [5, 5.41) is 18.3. The van der Waals surface area contributed by atoms with Gasteiger partial charge in [0, 0.05) is 13.0 Å². The monoisotopic (exact) mass is 707 g/mol. The van der Waals surface area contributed by atoms with Gasteiger partial charge < -0.3 is 24.6 Å². The number of phosphoric acid groups is 1. The van der Waals surface area contributed by atoms with E-state index >= 15 is 0 Å². The average Bonchev–Trinajstić information content (AvgIpc) is 3.07. The van der Waals surface area contributed by atoms with Crippen molar-refractivity contribution in [2.75, 3.05) is 33.0 Å². The lowest BCUT2D eigenvalue weighted by atomic mass is 10.1. The number of unbranched alkanes of at least 4 members (excludes halogenated alkanes) is 22. The molecule has 0 bridgehead atoms. The minimum Gasteiger partial charge on any atom is -0.457 e. The molecule has 3 unspecified atom stereocenters. The van der Waals surface area contributed by atoms with E-state index in [1.807, 2.05) is 0 Å². The van der Waals surface area contributed by atoms with Crippen molar-refractivity contribution < 1.29 is 43.0 Å². The molecule has 0 aliphatic rings. The summed E-state index contributed by atoms with van der Waals surface area (Å²) in [4.78, 5) is 22.5. The third-order valence-electron chi connectivity index (χ3n) is 8.45. The van der Waals surface area contributed by atoms with Crippen LogP contribution in [0.3, 0.4) is 0 Å². The maximum atomic E-state index is 12.5. The fourth-order valence-electron chi connectivity index (χ4n) is 5.41. The number of hydrogen-bond donors (Lipinski definition) is 3. The van der Waals surface area contributed by atoms with Crippen LogP contribution in [-0.4, -0.2) is 66.3 Å². The van der Waals surface area contributed by atoms with Crippen LogP contribution in [0.25, 0.3) is 0 Å². The van der Waals surface area contributed by atoms with Crippen LogP contribution in [0.5, 0.6) is 0 Å². The van der Waals surface area contributed by atoms with Crippen molar-refractivity contribution in [2.24, 2.45) is 0 Å². The maximum absolute atomic E-state index is 12.5. The predicted octanol–water partition coefficient (Wildman–Crippen LogP) is 10.1. The molecule has 286 valence electrons. The SMILES string of the molecule is CCCCCCCCC/C=C\CCCCCCCC(=O)OC(COCCCCCCCCCCCCC)COP(=O)(O)OCC(O)CO. The number of aliphatic hydroxyl groups is 2. The van der Waals surface area contributed by atoms with Crippen molar-refractivity contribution in [3.8, 4) is 0 Å². The Morgan fingerprint density at radius 1 is 0.625 bits per heavy atom. The first-order valence-electron chi connectivity index (χ1n) is 19.7. The van der Waals surface area contributed by atoms with Gasteiger partial charge in [0.2, 0.25) is 0 Å². The van der Waals surface area contributed by atoms with Crippen LogP contribution < -0.4 is 0 Å². The lowest BCUT2D eigenvalue weighted by molar-refractivity contribution is -0.154. The van der Waals surface area contributed by atoms with Crippen molar-refractivity contribution in [3.63, 3.8) is 0 Å². The molecule has 0 radical (unpaired) electrons. The summed E-state index contributed by atoms with van der Waals surface area (Å²) in [6.07, 6.45) is 33.1. The molecule has 48 heavy (non-hydrogen) atoms. The molecule has 0 saturated heterocycles. The molecule has 0 fully saturated rings. The van der Waals surface area contributed by atoms with E-state index in [2.05, 4.69) is 26.0 Å². The standard InChI is InChI=1S/C38H75O9P/c1-3-5-7-9-11-13-15-16-17-18-19-20-22-24-26-28-30-38(41)47-37(35-46-48(42,43)45-33-36(40)32-39)34-44-31-29-27-25-23-21-14-12-10-8-6-4-2/h17-18,36-37,39-40H,3-16,19-35H2,1-2H3,(H,42,43)/b18-17-. The largest absolute Gasteiger partial charge is 0.472 e. The van der Waals surface area contributed by atoms with Gasteiger partial charge >= 0.3 is 13.8 Å². The summed E-state index contributed by atoms with van der Waals surface area (Å²) < 4.78 is 33.2. The maximum Gasteiger partial charge on any atom is 0.472 e. The number of esters is 1. The highest BCUT2D eigenvalue weighted by molar-refractivity contribution is 7.47. The second kappa shape index (κ2) is 36.0. The van der Waals surface area contributed by atoms with E-state index in [0.717, 1.165) is 51.4 Å². The van der Waals surface area contributed by atoms with Crippen LogP contribution in [0.2, 0.25) is 0 Å². The molecule has 0 aliphatic carbocycles. The highest BCUT2D eigenvalue weighted by atomic mass is 31.2. The number of phosphoric ester groups is 1. The van der Waals surface area contributed by atoms with Crippen molar-refractivity contribution in [2.45, 2.75) is 193 Å². The van der Waals surface area contributed by atoms with Gasteiger partial charge in [-0.3, -0.25) is 13.8 Å². The molecule has 0 rings (SSSR count). The first-order chi connectivity index (χ1) is 23.3. The summed E-state index contributed by atoms with van der Waals surface area (Å²) in [7, 11) is -4.51. The number of ether oxygens (including phenoxy) is 2. The molecule has 0 spiro atoms. The van der Waals surface area contributed by atoms with Gasteiger partial charge in [-0.1, -0.05) is 148 Å². The molecule has 3 N–H and O–H groups in total. The van der Waals surface area contributed by atoms with Gasteiger partial charge in [0.15, 0.2) is 0 Å². The molecule has 0 saturated carbocycles. The van der Waals surface area contributed by atoms with Gasteiger partial charge in [0.05, 0.1) is 26.4 Å². The Morgan fingerprint density at radius 2 is 1.06 bits per heavy atom. The van der Waals surface area contributed by atoms with E-state index in [1.165, 1.54) is 109 Å². The van der Waals surface area contributed by atoms with E-state index in [-0.39, 0.29) is 25.6 Å². The van der Waals surface area contributed by atoms with Gasteiger partial charge in [-0.2, -0.15) is 0 Å². The number of rotatable bonds is 38. The van der Waals surface area contributed by atoms with Gasteiger partial charge in [0.1, 0.15) is 12.2 Å². The second-order valence-corrected chi connectivity index (χ2v) is 14.8. The van der Waals surface area contributed by atoms with Crippen LogP contribution in [0.15, 0.2) is 12.2 Å². The molecular weight excluding hydrogens is 631 g/mol. The van der Waals surface area contributed by atoms with Gasteiger partial charge in [-0.05, 0) is 38.5 Å². The Balaban J connectivity index is 4.20. The highest BCUT2D eigenvalue weighted by Gasteiger charge is 2.26. The van der Waals surface area contributed by atoms with E-state index in [9.17, 15) is 19.4 Å². The van der Waals surface area contributed by atoms with Crippen LogP contribution in [0, 0.1) is 0 Å². The van der Waals surface area contributed by atoms with E-state index in [0.29, 0.717) is 6.61 Å².